The van der Waals surface area contributed by atoms with Crippen molar-refractivity contribution in [3.8, 4) is 0 Å². The summed E-state index contributed by atoms with van der Waals surface area (Å²) in [5, 5.41) is 0. The van der Waals surface area contributed by atoms with Crippen LogP contribution in [0.4, 0.5) is 0 Å². The Hall–Kier alpha value is -1.52. The fraction of sp³-hybridized carbons (Fsp3) is 0.250. The first-order valence-corrected chi connectivity index (χ1v) is 3.52. The van der Waals surface area contributed by atoms with Crippen LogP contribution in [0.3, 0.4) is 0 Å². The van der Waals surface area contributed by atoms with Crippen molar-refractivity contribution >= 4 is 20.0 Å². The number of nitrogens with zero attached hydrogens (tertiary/aromatic N) is 1. The minimum atomic E-state index is -0.614. The molecule has 0 bridgehead atoms. The van der Waals surface area contributed by atoms with Gasteiger partial charge in [0.05, 0.1) is 12.8 Å². The maximum Gasteiger partial charge on any atom is 0.355 e. The molecule has 0 fully saturated rings. The van der Waals surface area contributed by atoms with Gasteiger partial charge in [0, 0.05) is 6.21 Å². The lowest BCUT2D eigenvalue weighted by Crippen LogP contribution is -2.14. The predicted molar refractivity (Wildman–Crippen MR) is 52.3 cm³/mol. The highest BCUT2D eigenvalue weighted by atomic mass is 16.5. The second-order valence-corrected chi connectivity index (χ2v) is 2.32. The van der Waals surface area contributed by atoms with E-state index >= 15 is 0 Å². The molecule has 4 nitrogen and oxygen atoms in total. The van der Waals surface area contributed by atoms with Crippen molar-refractivity contribution in [2.24, 2.45) is 10.7 Å². The van der Waals surface area contributed by atoms with Crippen LogP contribution in [0.5, 0.6) is 0 Å². The molecule has 2 N–H and O–H groups in total. The molecular formula is C8H11BN2O2. The topological polar surface area (TPSA) is 64.7 Å². The molecule has 0 spiro atoms. The normalized spacial score (nSPS) is 12.5. The van der Waals surface area contributed by atoms with Crippen molar-refractivity contribution in [2.75, 3.05) is 7.11 Å². The van der Waals surface area contributed by atoms with Crippen LogP contribution in [-0.2, 0) is 9.53 Å². The smallest absolute Gasteiger partial charge is 0.355 e. The lowest BCUT2D eigenvalue weighted by molar-refractivity contribution is -0.136. The van der Waals surface area contributed by atoms with E-state index in [9.17, 15) is 4.79 Å². The second-order valence-electron chi connectivity index (χ2n) is 2.32. The molecule has 0 rings (SSSR count). The van der Waals surface area contributed by atoms with Crippen LogP contribution in [0.15, 0.2) is 28.4 Å². The molecule has 0 saturated carbocycles. The van der Waals surface area contributed by atoms with E-state index in [1.165, 1.54) is 13.3 Å². The zero-order chi connectivity index (χ0) is 10.4. The molecule has 0 heterocycles. The van der Waals surface area contributed by atoms with Crippen LogP contribution in [0, 0.1) is 0 Å². The number of rotatable bonds is 3. The maximum absolute atomic E-state index is 10.9. The molecule has 13 heavy (non-hydrogen) atoms. The van der Waals surface area contributed by atoms with Crippen molar-refractivity contribution < 1.29 is 9.53 Å². The van der Waals surface area contributed by atoms with Gasteiger partial charge in [-0.3, -0.25) is 4.99 Å². The van der Waals surface area contributed by atoms with E-state index in [-0.39, 0.29) is 11.2 Å². The van der Waals surface area contributed by atoms with E-state index in [1.54, 1.807) is 6.92 Å². The average Bonchev–Trinajstić information content (AvgIpc) is 2.11. The average molecular weight is 178 g/mol. The number of nitrogens with two attached hydrogens (primary N) is 1. The van der Waals surface area contributed by atoms with Crippen LogP contribution < -0.4 is 5.73 Å². The summed E-state index contributed by atoms with van der Waals surface area (Å²) in [5.41, 5.74) is 5.97. The molecule has 2 radical (unpaired) electrons. The first-order valence-electron chi connectivity index (χ1n) is 3.52. The van der Waals surface area contributed by atoms with Crippen molar-refractivity contribution in [1.82, 2.24) is 0 Å². The number of aliphatic imine (C=N–C) groups is 1. The van der Waals surface area contributed by atoms with Crippen LogP contribution in [0.1, 0.15) is 6.92 Å². The highest BCUT2D eigenvalue weighted by Gasteiger charge is 2.06. The van der Waals surface area contributed by atoms with Crippen LogP contribution in [0.25, 0.3) is 0 Å². The van der Waals surface area contributed by atoms with Gasteiger partial charge in [0.25, 0.3) is 0 Å². The number of ether oxygens (including phenoxy) is 1. The maximum atomic E-state index is 10.9. The number of hydrogen-bond donors (Lipinski definition) is 1. The van der Waals surface area contributed by atoms with E-state index in [1.807, 2.05) is 0 Å². The molecule has 68 valence electrons. The predicted octanol–water partition coefficient (Wildman–Crippen LogP) is 0.103. The Bertz CT molecular complexity index is 282. The number of hydrogen-bond acceptors (Lipinski definition) is 4. The van der Waals surface area contributed by atoms with Crippen molar-refractivity contribution in [1.29, 1.82) is 0 Å². The SMILES string of the molecule is [B]C(=C)C=N/C(C)=C(\N)C(=O)OC. The monoisotopic (exact) mass is 178 g/mol. The van der Waals surface area contributed by atoms with Crippen molar-refractivity contribution in [3.05, 3.63) is 23.4 Å². The molecule has 0 aliphatic carbocycles. The lowest BCUT2D eigenvalue weighted by Gasteiger charge is -2.00. The Balaban J connectivity index is 4.62. The van der Waals surface area contributed by atoms with Gasteiger partial charge in [0.2, 0.25) is 0 Å². The van der Waals surface area contributed by atoms with Gasteiger partial charge in [0.1, 0.15) is 13.5 Å². The molecule has 0 unspecified atom stereocenters. The number of methoxy groups -OCH3 is 1. The molecule has 0 amide bonds. The van der Waals surface area contributed by atoms with E-state index in [0.29, 0.717) is 5.70 Å². The van der Waals surface area contributed by atoms with Gasteiger partial charge in [-0.25, -0.2) is 4.79 Å². The molecule has 0 saturated heterocycles. The molecule has 5 heteroatoms. The molecule has 0 atom stereocenters. The van der Waals surface area contributed by atoms with Gasteiger partial charge in [-0.05, 0) is 6.92 Å². The largest absolute Gasteiger partial charge is 0.464 e. The summed E-state index contributed by atoms with van der Waals surface area (Å²) in [6, 6.07) is 0. The summed E-state index contributed by atoms with van der Waals surface area (Å²) in [5.74, 6) is -0.614. The summed E-state index contributed by atoms with van der Waals surface area (Å²) >= 11 is 0. The Morgan fingerprint density at radius 1 is 1.69 bits per heavy atom. The lowest BCUT2D eigenvalue weighted by atomic mass is 10.00. The van der Waals surface area contributed by atoms with Gasteiger partial charge < -0.3 is 10.5 Å². The highest BCUT2D eigenvalue weighted by Crippen LogP contribution is 2.00. The van der Waals surface area contributed by atoms with E-state index in [2.05, 4.69) is 16.3 Å². The Labute approximate surface area is 78.6 Å². The Kier molecular flexibility index (Phi) is 4.58. The van der Waals surface area contributed by atoms with Crippen LogP contribution in [-0.4, -0.2) is 27.1 Å². The molecule has 0 aliphatic heterocycles. The third-order valence-electron chi connectivity index (χ3n) is 1.22. The minimum Gasteiger partial charge on any atom is -0.464 e. The Morgan fingerprint density at radius 3 is 2.62 bits per heavy atom. The molecule has 0 aromatic heterocycles. The van der Waals surface area contributed by atoms with Gasteiger partial charge in [-0.2, -0.15) is 0 Å². The van der Waals surface area contributed by atoms with Gasteiger partial charge >= 0.3 is 5.97 Å². The third-order valence-corrected chi connectivity index (χ3v) is 1.22. The van der Waals surface area contributed by atoms with Crippen LogP contribution >= 0.6 is 0 Å². The zero-order valence-electron chi connectivity index (χ0n) is 7.70. The summed E-state index contributed by atoms with van der Waals surface area (Å²) in [7, 11) is 6.47. The fourth-order valence-corrected chi connectivity index (χ4v) is 0.507. The minimum absolute atomic E-state index is 0.0417. The molecule has 0 aliphatic rings. The van der Waals surface area contributed by atoms with E-state index < -0.39 is 5.97 Å². The quantitative estimate of drug-likeness (QED) is 0.288. The van der Waals surface area contributed by atoms with Crippen LogP contribution in [0.2, 0.25) is 0 Å². The zero-order valence-corrected chi connectivity index (χ0v) is 7.70. The summed E-state index contributed by atoms with van der Waals surface area (Å²) in [6.45, 7) is 4.98. The second kappa shape index (κ2) is 5.19. The molecule has 0 aromatic rings. The van der Waals surface area contributed by atoms with Crippen molar-refractivity contribution in [2.45, 2.75) is 6.92 Å². The Morgan fingerprint density at radius 2 is 2.23 bits per heavy atom. The first-order chi connectivity index (χ1) is 5.99. The number of esters is 1. The number of carbonyl (C=O) groups excluding carboxylic acids is 1. The third kappa shape index (κ3) is 4.15. The first kappa shape index (κ1) is 11.5. The summed E-state index contributed by atoms with van der Waals surface area (Å²) in [6.07, 6.45) is 1.31. The van der Waals surface area contributed by atoms with Gasteiger partial charge in [0.15, 0.2) is 0 Å². The fourth-order valence-electron chi connectivity index (χ4n) is 0.507. The molecular weight excluding hydrogens is 167 g/mol. The van der Waals surface area contributed by atoms with Gasteiger partial charge in [-0.15, -0.1) is 6.58 Å². The summed E-state index contributed by atoms with van der Waals surface area (Å²) in [4.78, 5) is 14.7. The highest BCUT2D eigenvalue weighted by molar-refractivity contribution is 6.32. The van der Waals surface area contributed by atoms with E-state index in [0.717, 1.165) is 0 Å². The standard InChI is InChI=1S/C8H11BN2O2/c1-5(9)4-11-6(2)7(10)8(12)13-3/h4H,1,10H2,2-3H3/b7-6-,11-4?. The number of carbonyl (C=O) groups is 1. The summed E-state index contributed by atoms with van der Waals surface area (Å²) < 4.78 is 4.39. The van der Waals surface area contributed by atoms with Crippen molar-refractivity contribution in [3.63, 3.8) is 0 Å². The number of allylic oxidation sites excluding steroid dienone is 2. The molecule has 0 aromatic carbocycles. The van der Waals surface area contributed by atoms with Gasteiger partial charge in [-0.1, -0.05) is 5.47 Å². The van der Waals surface area contributed by atoms with E-state index in [4.69, 9.17) is 13.6 Å².